The fourth-order valence-electron chi connectivity index (χ4n) is 4.13. The maximum Gasteiger partial charge on any atom is 0.223 e. The molecular weight excluding hydrogens is 312 g/mol. The van der Waals surface area contributed by atoms with Crippen molar-refractivity contribution in [3.05, 3.63) is 16.4 Å². The van der Waals surface area contributed by atoms with Crippen LogP contribution in [0.4, 0.5) is 0 Å². The van der Waals surface area contributed by atoms with Crippen LogP contribution in [0.1, 0.15) is 43.4 Å². The van der Waals surface area contributed by atoms with Crippen molar-refractivity contribution in [2.45, 2.75) is 51.6 Å². The highest BCUT2D eigenvalue weighted by Gasteiger charge is 2.35. The molecule has 0 aromatic carbocycles. The van der Waals surface area contributed by atoms with Gasteiger partial charge in [-0.2, -0.15) is 5.10 Å². The van der Waals surface area contributed by atoms with Gasteiger partial charge in [-0.3, -0.25) is 9.48 Å². The van der Waals surface area contributed by atoms with Crippen LogP contribution in [0, 0.1) is 12.8 Å². The second kappa shape index (κ2) is 6.81. The van der Waals surface area contributed by atoms with E-state index in [1.165, 1.54) is 25.7 Å². The fourth-order valence-corrected chi connectivity index (χ4v) is 4.36. The van der Waals surface area contributed by atoms with E-state index >= 15 is 0 Å². The number of rotatable bonds is 5. The van der Waals surface area contributed by atoms with E-state index in [0.29, 0.717) is 29.4 Å². The lowest BCUT2D eigenvalue weighted by Gasteiger charge is -2.25. The second-order valence-electron chi connectivity index (χ2n) is 7.23. The van der Waals surface area contributed by atoms with Gasteiger partial charge >= 0.3 is 0 Å². The molecule has 1 atom stereocenters. The van der Waals surface area contributed by atoms with E-state index < -0.39 is 0 Å². The van der Waals surface area contributed by atoms with E-state index in [-0.39, 0.29) is 0 Å². The molecule has 128 valence electrons. The van der Waals surface area contributed by atoms with Crippen LogP contribution in [0.15, 0.2) is 0 Å². The number of likely N-dealkylation sites (tertiary alicyclic amines) is 1. The van der Waals surface area contributed by atoms with Crippen molar-refractivity contribution in [2.24, 2.45) is 13.0 Å². The molecule has 1 aromatic rings. The first-order chi connectivity index (χ1) is 11.0. The molecule has 0 spiro atoms. The van der Waals surface area contributed by atoms with E-state index in [0.717, 1.165) is 30.9 Å². The van der Waals surface area contributed by atoms with E-state index in [1.54, 1.807) is 4.68 Å². The summed E-state index contributed by atoms with van der Waals surface area (Å²) in [5.41, 5.74) is 2.08. The van der Waals surface area contributed by atoms with Gasteiger partial charge in [0.05, 0.1) is 5.69 Å². The number of carbonyl (C=O) groups is 1. The first-order valence-corrected chi connectivity index (χ1v) is 8.99. The Bertz CT molecular complexity index is 579. The Morgan fingerprint density at radius 3 is 2.65 bits per heavy atom. The summed E-state index contributed by atoms with van der Waals surface area (Å²) in [5, 5.41) is 5.08. The Kier molecular flexibility index (Phi) is 4.97. The topological polar surface area (TPSA) is 41.4 Å². The summed E-state index contributed by atoms with van der Waals surface area (Å²) in [6.07, 6.45) is 5.63. The van der Waals surface area contributed by atoms with Crippen LogP contribution in [0.25, 0.3) is 0 Å². The fraction of sp³-hybridized carbons (Fsp3) is 0.765. The molecule has 2 aliphatic rings. The van der Waals surface area contributed by atoms with Gasteiger partial charge in [0.2, 0.25) is 5.91 Å². The highest BCUT2D eigenvalue weighted by atomic mass is 35.5. The van der Waals surface area contributed by atoms with Crippen molar-refractivity contribution >= 4 is 17.5 Å². The molecule has 1 saturated carbocycles. The first kappa shape index (κ1) is 16.8. The summed E-state index contributed by atoms with van der Waals surface area (Å²) < 4.78 is 1.72. The van der Waals surface area contributed by atoms with E-state index in [4.69, 9.17) is 11.6 Å². The Morgan fingerprint density at radius 2 is 2.04 bits per heavy atom. The monoisotopic (exact) mass is 338 g/mol. The molecule has 2 heterocycles. The van der Waals surface area contributed by atoms with Gasteiger partial charge in [-0.25, -0.2) is 0 Å². The minimum absolute atomic E-state index is 0.353. The van der Waals surface area contributed by atoms with Crippen molar-refractivity contribution in [3.63, 3.8) is 0 Å². The molecule has 1 saturated heterocycles. The molecular formula is C17H27ClN4O. The van der Waals surface area contributed by atoms with Gasteiger partial charge in [0.15, 0.2) is 0 Å². The maximum absolute atomic E-state index is 12.3. The average molecular weight is 339 g/mol. The molecule has 0 bridgehead atoms. The minimum atomic E-state index is 0.353. The molecule has 2 fully saturated rings. The van der Waals surface area contributed by atoms with Crippen molar-refractivity contribution < 1.29 is 4.79 Å². The van der Waals surface area contributed by atoms with Gasteiger partial charge in [0, 0.05) is 44.7 Å². The zero-order valence-corrected chi connectivity index (χ0v) is 15.1. The quantitative estimate of drug-likeness (QED) is 0.828. The van der Waals surface area contributed by atoms with Crippen LogP contribution in [0.3, 0.4) is 0 Å². The van der Waals surface area contributed by atoms with Gasteiger partial charge in [0.1, 0.15) is 5.15 Å². The number of hydrogen-bond donors (Lipinski definition) is 0. The lowest BCUT2D eigenvalue weighted by Crippen LogP contribution is -2.35. The normalized spacial score (nSPS) is 22.7. The zero-order valence-electron chi connectivity index (χ0n) is 14.4. The predicted octanol–water partition coefficient (Wildman–Crippen LogP) is 2.60. The molecule has 0 radical (unpaired) electrons. The largest absolute Gasteiger partial charge is 0.339 e. The molecule has 1 aromatic heterocycles. The van der Waals surface area contributed by atoms with Gasteiger partial charge in [-0.1, -0.05) is 24.4 Å². The molecule has 1 aliphatic carbocycles. The second-order valence-corrected chi connectivity index (χ2v) is 7.59. The highest BCUT2D eigenvalue weighted by molar-refractivity contribution is 6.30. The Labute approximate surface area is 143 Å². The van der Waals surface area contributed by atoms with Crippen molar-refractivity contribution in [3.8, 4) is 0 Å². The Balaban J connectivity index is 1.56. The van der Waals surface area contributed by atoms with Crippen LogP contribution >= 0.6 is 11.6 Å². The summed E-state index contributed by atoms with van der Waals surface area (Å²) in [7, 11) is 3.97. The van der Waals surface area contributed by atoms with Crippen LogP contribution in [-0.2, 0) is 18.4 Å². The lowest BCUT2D eigenvalue weighted by atomic mass is 10.1. The maximum atomic E-state index is 12.3. The van der Waals surface area contributed by atoms with Crippen molar-refractivity contribution in [1.82, 2.24) is 19.6 Å². The molecule has 0 N–H and O–H groups in total. The molecule has 6 heteroatoms. The lowest BCUT2D eigenvalue weighted by molar-refractivity contribution is -0.129. The van der Waals surface area contributed by atoms with Gasteiger partial charge in [-0.15, -0.1) is 0 Å². The SMILES string of the molecule is Cc1nn(C)c(Cl)c1CN(C)CC1CC(=O)N(C2CCCC2)C1. The predicted molar refractivity (Wildman–Crippen MR) is 91.4 cm³/mol. The molecule has 5 nitrogen and oxygen atoms in total. The van der Waals surface area contributed by atoms with Crippen LogP contribution in [-0.4, -0.2) is 51.7 Å². The molecule has 1 unspecified atom stereocenters. The summed E-state index contributed by atoms with van der Waals surface area (Å²) >= 11 is 6.32. The number of amides is 1. The summed E-state index contributed by atoms with van der Waals surface area (Å²) in [6.45, 7) is 4.63. The highest BCUT2D eigenvalue weighted by Crippen LogP contribution is 2.30. The number of aryl methyl sites for hydroxylation is 2. The van der Waals surface area contributed by atoms with Gasteiger partial charge < -0.3 is 9.80 Å². The smallest absolute Gasteiger partial charge is 0.223 e. The summed E-state index contributed by atoms with van der Waals surface area (Å²) in [4.78, 5) is 16.7. The summed E-state index contributed by atoms with van der Waals surface area (Å²) in [6, 6.07) is 0.507. The van der Waals surface area contributed by atoms with Gasteiger partial charge in [0.25, 0.3) is 0 Å². The first-order valence-electron chi connectivity index (χ1n) is 8.61. The Morgan fingerprint density at radius 1 is 1.35 bits per heavy atom. The third-order valence-electron chi connectivity index (χ3n) is 5.27. The van der Waals surface area contributed by atoms with Crippen molar-refractivity contribution in [1.29, 1.82) is 0 Å². The Hall–Kier alpha value is -1.07. The third kappa shape index (κ3) is 3.56. The average Bonchev–Trinajstić information content (AvgIpc) is 3.17. The summed E-state index contributed by atoms with van der Waals surface area (Å²) in [5.74, 6) is 0.787. The number of carbonyl (C=O) groups excluding carboxylic acids is 1. The molecule has 23 heavy (non-hydrogen) atoms. The number of nitrogens with zero attached hydrogens (tertiary/aromatic N) is 4. The minimum Gasteiger partial charge on any atom is -0.339 e. The van der Waals surface area contributed by atoms with E-state index in [1.807, 2.05) is 14.0 Å². The van der Waals surface area contributed by atoms with Crippen LogP contribution < -0.4 is 0 Å². The zero-order chi connectivity index (χ0) is 16.6. The van der Waals surface area contributed by atoms with E-state index in [9.17, 15) is 4.79 Å². The third-order valence-corrected chi connectivity index (χ3v) is 5.74. The van der Waals surface area contributed by atoms with Gasteiger partial charge in [-0.05, 0) is 32.7 Å². The molecule has 1 aliphatic heterocycles. The van der Waals surface area contributed by atoms with Crippen LogP contribution in [0.2, 0.25) is 5.15 Å². The number of hydrogen-bond acceptors (Lipinski definition) is 3. The van der Waals surface area contributed by atoms with Crippen LogP contribution in [0.5, 0.6) is 0 Å². The molecule has 1 amide bonds. The van der Waals surface area contributed by atoms with E-state index in [2.05, 4.69) is 21.9 Å². The number of halogens is 1. The number of aromatic nitrogens is 2. The standard InChI is InChI=1S/C17H27ClN4O/c1-12-15(17(18)21(3)19-12)11-20(2)9-13-8-16(23)22(10-13)14-6-4-5-7-14/h13-14H,4-11H2,1-3H3. The van der Waals surface area contributed by atoms with Crippen molar-refractivity contribution in [2.75, 3.05) is 20.1 Å². The molecule has 3 rings (SSSR count).